The lowest BCUT2D eigenvalue weighted by Gasteiger charge is -2.03. The largest absolute Gasteiger partial charge is 0.306 e. The van der Waals surface area contributed by atoms with Crippen LogP contribution in [0.3, 0.4) is 0 Å². The molecule has 0 N–H and O–H groups in total. The minimum absolute atomic E-state index is 0.139. The minimum atomic E-state index is -0.139. The minimum Gasteiger partial charge on any atom is -0.306 e. The molecule has 2 heteroatoms. The van der Waals surface area contributed by atoms with Crippen LogP contribution >= 0.6 is 0 Å². The third-order valence-electron chi connectivity index (χ3n) is 1.68. The number of rotatable bonds is 0. The summed E-state index contributed by atoms with van der Waals surface area (Å²) in [6, 6.07) is 0. The molecule has 0 radical (unpaired) electrons. The van der Waals surface area contributed by atoms with Crippen molar-refractivity contribution >= 4 is 6.29 Å². The Morgan fingerprint density at radius 2 is 1.50 bits per heavy atom. The van der Waals surface area contributed by atoms with Gasteiger partial charge in [-0.05, 0) is 33.0 Å². The Hall–Kier alpha value is -0.370. The first-order valence-corrected chi connectivity index (χ1v) is 4.60. The third-order valence-corrected chi connectivity index (χ3v) is 1.68. The topological polar surface area (TPSA) is 20.3 Å². The van der Waals surface area contributed by atoms with E-state index in [9.17, 15) is 4.79 Å². The van der Waals surface area contributed by atoms with E-state index < -0.39 is 0 Å². The fourth-order valence-electron chi connectivity index (χ4n) is 0.875. The molecule has 2 nitrogen and oxygen atoms in total. The van der Waals surface area contributed by atoms with Gasteiger partial charge in [0.25, 0.3) is 0 Å². The molecule has 72 valence electrons. The van der Waals surface area contributed by atoms with Crippen molar-refractivity contribution in [2.24, 2.45) is 5.41 Å². The Morgan fingerprint density at radius 3 is 1.58 bits per heavy atom. The van der Waals surface area contributed by atoms with Gasteiger partial charge in [-0.15, -0.1) is 0 Å². The van der Waals surface area contributed by atoms with Gasteiger partial charge in [0.2, 0.25) is 0 Å². The normalized spacial score (nSPS) is 18.3. The van der Waals surface area contributed by atoms with Crippen molar-refractivity contribution in [3.05, 3.63) is 0 Å². The van der Waals surface area contributed by atoms with Gasteiger partial charge in [-0.1, -0.05) is 20.8 Å². The number of likely N-dealkylation sites (tertiary alicyclic amines) is 1. The molecule has 0 aromatic heterocycles. The van der Waals surface area contributed by atoms with Crippen LogP contribution in [0, 0.1) is 5.41 Å². The van der Waals surface area contributed by atoms with Crippen LogP contribution in [0.5, 0.6) is 0 Å². The van der Waals surface area contributed by atoms with Gasteiger partial charge in [0.1, 0.15) is 6.29 Å². The van der Waals surface area contributed by atoms with E-state index in [2.05, 4.69) is 11.9 Å². The smallest absolute Gasteiger partial charge is 0.125 e. The average molecular weight is 171 g/mol. The van der Waals surface area contributed by atoms with Crippen LogP contribution in [-0.4, -0.2) is 31.3 Å². The first-order valence-electron chi connectivity index (χ1n) is 4.60. The zero-order valence-electron chi connectivity index (χ0n) is 8.76. The van der Waals surface area contributed by atoms with Crippen molar-refractivity contribution < 1.29 is 4.79 Å². The van der Waals surface area contributed by atoms with E-state index in [0.29, 0.717) is 0 Å². The predicted molar refractivity (Wildman–Crippen MR) is 52.3 cm³/mol. The summed E-state index contributed by atoms with van der Waals surface area (Å²) in [7, 11) is 2.17. The maximum atomic E-state index is 9.83. The Bertz CT molecular complexity index is 120. The van der Waals surface area contributed by atoms with Crippen molar-refractivity contribution in [2.75, 3.05) is 20.1 Å². The lowest BCUT2D eigenvalue weighted by Crippen LogP contribution is -2.10. The van der Waals surface area contributed by atoms with Crippen LogP contribution < -0.4 is 0 Å². The number of aldehydes is 1. The molecule has 0 amide bonds. The van der Waals surface area contributed by atoms with Crippen LogP contribution in [0.25, 0.3) is 0 Å². The van der Waals surface area contributed by atoms with Crippen LogP contribution in [0.2, 0.25) is 0 Å². The third kappa shape index (κ3) is 7.73. The highest BCUT2D eigenvalue weighted by atomic mass is 16.1. The Kier molecular flexibility index (Phi) is 5.14. The van der Waals surface area contributed by atoms with Crippen LogP contribution in [0.1, 0.15) is 33.6 Å². The summed E-state index contributed by atoms with van der Waals surface area (Å²) in [4.78, 5) is 12.2. The molecule has 1 aliphatic rings. The molecule has 1 aliphatic heterocycles. The van der Waals surface area contributed by atoms with Crippen molar-refractivity contribution in [1.82, 2.24) is 4.90 Å². The van der Waals surface area contributed by atoms with E-state index in [1.165, 1.54) is 25.9 Å². The predicted octanol–water partition coefficient (Wildman–Crippen LogP) is 1.94. The van der Waals surface area contributed by atoms with E-state index >= 15 is 0 Å². The van der Waals surface area contributed by atoms with Crippen molar-refractivity contribution in [1.29, 1.82) is 0 Å². The molecule has 0 bridgehead atoms. The van der Waals surface area contributed by atoms with E-state index in [0.717, 1.165) is 6.29 Å². The van der Waals surface area contributed by atoms with Gasteiger partial charge < -0.3 is 9.69 Å². The van der Waals surface area contributed by atoms with Crippen molar-refractivity contribution in [3.8, 4) is 0 Å². The first-order chi connectivity index (χ1) is 5.45. The molecular weight excluding hydrogens is 150 g/mol. The molecule has 0 unspecified atom stereocenters. The van der Waals surface area contributed by atoms with E-state index in [1.54, 1.807) is 0 Å². The maximum Gasteiger partial charge on any atom is 0.125 e. The van der Waals surface area contributed by atoms with Crippen molar-refractivity contribution in [2.45, 2.75) is 33.6 Å². The Morgan fingerprint density at radius 1 is 1.17 bits per heavy atom. The Labute approximate surface area is 75.9 Å². The number of hydrogen-bond acceptors (Lipinski definition) is 2. The quantitative estimate of drug-likeness (QED) is 0.519. The molecule has 1 saturated heterocycles. The molecule has 0 spiro atoms. The summed E-state index contributed by atoms with van der Waals surface area (Å²) in [5.41, 5.74) is -0.139. The monoisotopic (exact) mass is 171 g/mol. The molecule has 1 heterocycles. The fourth-order valence-corrected chi connectivity index (χ4v) is 0.875. The highest BCUT2D eigenvalue weighted by molar-refractivity contribution is 5.56. The molecule has 1 rings (SSSR count). The number of carbonyl (C=O) groups is 1. The molecule has 12 heavy (non-hydrogen) atoms. The van der Waals surface area contributed by atoms with Crippen LogP contribution in [-0.2, 0) is 4.79 Å². The van der Waals surface area contributed by atoms with Crippen LogP contribution in [0.15, 0.2) is 0 Å². The highest BCUT2D eigenvalue weighted by Gasteiger charge is 2.04. The van der Waals surface area contributed by atoms with Crippen molar-refractivity contribution in [3.63, 3.8) is 0 Å². The number of hydrogen-bond donors (Lipinski definition) is 0. The summed E-state index contributed by atoms with van der Waals surface area (Å²) in [5, 5.41) is 0. The first kappa shape index (κ1) is 11.6. The molecule has 0 atom stereocenters. The van der Waals surface area contributed by atoms with Gasteiger partial charge in [0, 0.05) is 5.41 Å². The number of carbonyl (C=O) groups excluding carboxylic acids is 1. The van der Waals surface area contributed by atoms with E-state index in [4.69, 9.17) is 0 Å². The summed E-state index contributed by atoms with van der Waals surface area (Å²) in [6.45, 7) is 8.26. The summed E-state index contributed by atoms with van der Waals surface area (Å²) < 4.78 is 0. The average Bonchev–Trinajstić information content (AvgIpc) is 2.39. The van der Waals surface area contributed by atoms with Crippen LogP contribution in [0.4, 0.5) is 0 Å². The molecule has 0 aromatic carbocycles. The zero-order chi connectivity index (χ0) is 9.61. The molecule has 0 aromatic rings. The lowest BCUT2D eigenvalue weighted by atomic mass is 10.0. The van der Waals surface area contributed by atoms with Gasteiger partial charge in [-0.25, -0.2) is 0 Å². The summed E-state index contributed by atoms with van der Waals surface area (Å²) in [6.07, 6.45) is 3.76. The van der Waals surface area contributed by atoms with Gasteiger partial charge >= 0.3 is 0 Å². The second-order valence-corrected chi connectivity index (χ2v) is 4.49. The fraction of sp³-hybridized carbons (Fsp3) is 0.900. The van der Waals surface area contributed by atoms with Gasteiger partial charge in [0.15, 0.2) is 0 Å². The molecule has 1 fully saturated rings. The second-order valence-electron chi connectivity index (χ2n) is 4.49. The summed E-state index contributed by atoms with van der Waals surface area (Å²) >= 11 is 0. The summed E-state index contributed by atoms with van der Waals surface area (Å²) in [5.74, 6) is 0. The van der Waals surface area contributed by atoms with Gasteiger partial charge in [0.05, 0.1) is 0 Å². The molecule has 0 aliphatic carbocycles. The van der Waals surface area contributed by atoms with E-state index in [-0.39, 0.29) is 5.41 Å². The van der Waals surface area contributed by atoms with Gasteiger partial charge in [-0.2, -0.15) is 0 Å². The standard InChI is InChI=1S/C5H11N.C5H10O/c1-6-4-2-3-5-6;1-5(2,3)4-6/h2-5H2,1H3;4H,1-3H3. The maximum absolute atomic E-state index is 9.83. The zero-order valence-corrected chi connectivity index (χ0v) is 8.76. The van der Waals surface area contributed by atoms with Gasteiger partial charge in [-0.3, -0.25) is 0 Å². The number of nitrogens with zero attached hydrogens (tertiary/aromatic N) is 1. The second kappa shape index (κ2) is 5.31. The van der Waals surface area contributed by atoms with E-state index in [1.807, 2.05) is 20.8 Å². The molecular formula is C10H21NO. The Balaban J connectivity index is 0.000000202. The molecule has 0 saturated carbocycles. The highest BCUT2D eigenvalue weighted by Crippen LogP contribution is 2.05. The SMILES string of the molecule is CC(C)(C)C=O.CN1CCCC1. The lowest BCUT2D eigenvalue weighted by molar-refractivity contribution is -0.113.